The van der Waals surface area contributed by atoms with Gasteiger partial charge < -0.3 is 9.31 Å². The van der Waals surface area contributed by atoms with Gasteiger partial charge in [0.05, 0.1) is 33.3 Å². The predicted octanol–water partition coefficient (Wildman–Crippen LogP) is 7.58. The Morgan fingerprint density at radius 3 is 1.70 bits per heavy atom. The largest absolute Gasteiger partial charge is 0.494 e. The standard InChI is InChI=1S/C21H21BN2O2.C15H10N2/c1-20(2)21(3,4)26-22(25-20)15-9-10-17-18(13-15)24-12-11-14-7-5-6-8-16(14)19(24)23-17;1-2-6-12-11(5-1)9-10-17-14-8-4-3-7-13(14)16-15(12)17/h5-13H,1-4H3;1-10H. The minimum Gasteiger partial charge on any atom is -0.399 e. The Kier molecular flexibility index (Phi) is 5.67. The third kappa shape index (κ3) is 4.11. The van der Waals surface area contributed by atoms with E-state index in [-0.39, 0.29) is 18.3 Å². The van der Waals surface area contributed by atoms with E-state index < -0.39 is 0 Å². The molecule has 4 aromatic carbocycles. The molecular weight excluding hydrogens is 531 g/mol. The average Bonchev–Trinajstić information content (AvgIpc) is 3.65. The summed E-state index contributed by atoms with van der Waals surface area (Å²) in [5, 5.41) is 4.78. The van der Waals surface area contributed by atoms with Gasteiger partial charge in [-0.15, -0.1) is 0 Å². The molecule has 8 aromatic rings. The van der Waals surface area contributed by atoms with Crippen LogP contribution in [-0.4, -0.2) is 37.1 Å². The van der Waals surface area contributed by atoms with Gasteiger partial charge >= 0.3 is 7.12 Å². The zero-order chi connectivity index (χ0) is 29.3. The van der Waals surface area contributed by atoms with Crippen molar-refractivity contribution in [1.82, 2.24) is 18.8 Å². The topological polar surface area (TPSA) is 53.1 Å². The van der Waals surface area contributed by atoms with Gasteiger partial charge in [0.25, 0.3) is 0 Å². The van der Waals surface area contributed by atoms with E-state index in [0.717, 1.165) is 44.2 Å². The van der Waals surface area contributed by atoms with Gasteiger partial charge in [-0.1, -0.05) is 66.7 Å². The molecule has 210 valence electrons. The maximum atomic E-state index is 6.21. The van der Waals surface area contributed by atoms with Crippen LogP contribution in [0.2, 0.25) is 0 Å². The first-order chi connectivity index (χ1) is 20.8. The maximum Gasteiger partial charge on any atom is 0.494 e. The fourth-order valence-corrected chi connectivity index (χ4v) is 5.96. The van der Waals surface area contributed by atoms with Crippen LogP contribution in [0.15, 0.2) is 116 Å². The number of hydrogen-bond donors (Lipinski definition) is 0. The smallest absolute Gasteiger partial charge is 0.399 e. The van der Waals surface area contributed by atoms with E-state index in [0.29, 0.717) is 0 Å². The molecular formula is C36H31BN4O2. The van der Waals surface area contributed by atoms with Gasteiger partial charge in [0, 0.05) is 23.2 Å². The summed E-state index contributed by atoms with van der Waals surface area (Å²) in [4.78, 5) is 9.56. The van der Waals surface area contributed by atoms with Crippen LogP contribution in [0.25, 0.3) is 54.9 Å². The lowest BCUT2D eigenvalue weighted by Gasteiger charge is -2.32. The van der Waals surface area contributed by atoms with E-state index in [4.69, 9.17) is 19.3 Å². The summed E-state index contributed by atoms with van der Waals surface area (Å²) in [5.41, 5.74) is 6.58. The second-order valence-corrected chi connectivity index (χ2v) is 12.2. The highest BCUT2D eigenvalue weighted by atomic mass is 16.7. The molecule has 0 spiro atoms. The number of benzene rings is 4. The average molecular weight is 562 g/mol. The fraction of sp³-hybridized carbons (Fsp3) is 0.167. The summed E-state index contributed by atoms with van der Waals surface area (Å²) in [5.74, 6) is 0. The Bertz CT molecular complexity index is 2320. The van der Waals surface area contributed by atoms with Crippen molar-refractivity contribution < 1.29 is 9.31 Å². The summed E-state index contributed by atoms with van der Waals surface area (Å²) >= 11 is 0. The Morgan fingerprint density at radius 2 is 1.07 bits per heavy atom. The van der Waals surface area contributed by atoms with E-state index in [9.17, 15) is 0 Å². The van der Waals surface area contributed by atoms with E-state index in [1.54, 1.807) is 0 Å². The lowest BCUT2D eigenvalue weighted by Crippen LogP contribution is -2.41. The first-order valence-corrected chi connectivity index (χ1v) is 14.7. The van der Waals surface area contributed by atoms with E-state index in [2.05, 4.69) is 140 Å². The van der Waals surface area contributed by atoms with Gasteiger partial charge in [-0.05, 0) is 80.3 Å². The van der Waals surface area contributed by atoms with Gasteiger partial charge in [0.2, 0.25) is 0 Å². The summed E-state index contributed by atoms with van der Waals surface area (Å²) in [7, 11) is -0.365. The molecule has 0 aliphatic carbocycles. The number of pyridine rings is 2. The van der Waals surface area contributed by atoms with Crippen LogP contribution < -0.4 is 5.46 Å². The summed E-state index contributed by atoms with van der Waals surface area (Å²) < 4.78 is 16.7. The van der Waals surface area contributed by atoms with Crippen LogP contribution in [-0.2, 0) is 9.31 Å². The van der Waals surface area contributed by atoms with Crippen molar-refractivity contribution in [2.45, 2.75) is 38.9 Å². The zero-order valence-electron chi connectivity index (χ0n) is 24.7. The van der Waals surface area contributed by atoms with Crippen LogP contribution in [0.1, 0.15) is 27.7 Å². The summed E-state index contributed by atoms with van der Waals surface area (Å²) in [6.45, 7) is 8.30. The van der Waals surface area contributed by atoms with Gasteiger partial charge in [0.1, 0.15) is 11.3 Å². The number of hydrogen-bond acceptors (Lipinski definition) is 4. The molecule has 9 rings (SSSR count). The number of fused-ring (bicyclic) bond motifs is 10. The predicted molar refractivity (Wildman–Crippen MR) is 176 cm³/mol. The normalized spacial score (nSPS) is 16.0. The van der Waals surface area contributed by atoms with Crippen LogP contribution in [0.4, 0.5) is 0 Å². The molecule has 0 radical (unpaired) electrons. The third-order valence-electron chi connectivity index (χ3n) is 9.04. The third-order valence-corrected chi connectivity index (χ3v) is 9.04. The van der Waals surface area contributed by atoms with Crippen LogP contribution >= 0.6 is 0 Å². The van der Waals surface area contributed by atoms with Crippen molar-refractivity contribution in [2.75, 3.05) is 0 Å². The monoisotopic (exact) mass is 562 g/mol. The molecule has 1 saturated heterocycles. The van der Waals surface area contributed by atoms with E-state index in [1.807, 2.05) is 12.1 Å². The highest BCUT2D eigenvalue weighted by molar-refractivity contribution is 6.62. The highest BCUT2D eigenvalue weighted by Crippen LogP contribution is 2.36. The van der Waals surface area contributed by atoms with Crippen molar-refractivity contribution >= 4 is 67.5 Å². The second-order valence-electron chi connectivity index (χ2n) is 12.2. The molecule has 0 atom stereocenters. The van der Waals surface area contributed by atoms with Crippen LogP contribution in [0.3, 0.4) is 0 Å². The minimum absolute atomic E-state index is 0.345. The molecule has 0 amide bonds. The number of rotatable bonds is 1. The SMILES string of the molecule is CC1(C)OB(c2ccc3nc4c5ccccc5ccn4c3c2)OC1(C)C.c1ccc2c(c1)ccn1c3ccccc3nc21. The molecule has 6 nitrogen and oxygen atoms in total. The molecule has 1 fully saturated rings. The first kappa shape index (κ1) is 26.0. The summed E-state index contributed by atoms with van der Waals surface area (Å²) in [6.07, 6.45) is 4.17. The van der Waals surface area contributed by atoms with Crippen LogP contribution in [0.5, 0.6) is 0 Å². The fourth-order valence-electron chi connectivity index (χ4n) is 5.96. The molecule has 4 aromatic heterocycles. The highest BCUT2D eigenvalue weighted by Gasteiger charge is 2.51. The number of para-hydroxylation sites is 2. The minimum atomic E-state index is -0.365. The Hall–Kier alpha value is -4.72. The van der Waals surface area contributed by atoms with Gasteiger partial charge in [-0.3, -0.25) is 8.80 Å². The molecule has 0 unspecified atom stereocenters. The molecule has 1 aliphatic heterocycles. The first-order valence-electron chi connectivity index (χ1n) is 14.7. The van der Waals surface area contributed by atoms with Crippen molar-refractivity contribution in [3.8, 4) is 0 Å². The molecule has 7 heteroatoms. The Labute approximate surface area is 249 Å². The Morgan fingerprint density at radius 1 is 0.558 bits per heavy atom. The maximum absolute atomic E-state index is 6.21. The molecule has 0 bridgehead atoms. The van der Waals surface area contributed by atoms with Crippen LogP contribution in [0, 0.1) is 0 Å². The van der Waals surface area contributed by atoms with Gasteiger partial charge in [-0.25, -0.2) is 9.97 Å². The molecule has 0 saturated carbocycles. The quantitative estimate of drug-likeness (QED) is 0.194. The molecule has 0 N–H and O–H groups in total. The van der Waals surface area contributed by atoms with Crippen molar-refractivity contribution in [3.63, 3.8) is 0 Å². The van der Waals surface area contributed by atoms with Gasteiger partial charge in [0.15, 0.2) is 0 Å². The van der Waals surface area contributed by atoms with Crippen molar-refractivity contribution in [1.29, 1.82) is 0 Å². The lowest BCUT2D eigenvalue weighted by molar-refractivity contribution is 0.00578. The number of nitrogens with zero attached hydrogens (tertiary/aromatic N) is 4. The zero-order valence-corrected chi connectivity index (χ0v) is 24.7. The lowest BCUT2D eigenvalue weighted by atomic mass is 9.79. The molecule has 5 heterocycles. The van der Waals surface area contributed by atoms with Crippen molar-refractivity contribution in [3.05, 3.63) is 116 Å². The number of aromatic nitrogens is 4. The second kappa shape index (κ2) is 9.39. The van der Waals surface area contributed by atoms with E-state index in [1.165, 1.54) is 16.2 Å². The Balaban J connectivity index is 0.000000141. The molecule has 43 heavy (non-hydrogen) atoms. The summed E-state index contributed by atoms with van der Waals surface area (Å²) in [6, 6.07) is 35.4. The number of imidazole rings is 2. The van der Waals surface area contributed by atoms with E-state index >= 15 is 0 Å². The van der Waals surface area contributed by atoms with Gasteiger partial charge in [-0.2, -0.15) is 0 Å². The van der Waals surface area contributed by atoms with Crippen molar-refractivity contribution in [2.24, 2.45) is 0 Å². The molecule has 1 aliphatic rings.